The Balaban J connectivity index is 2.38. The molecule has 0 aromatic rings. The molecule has 2 atom stereocenters. The van der Waals surface area contributed by atoms with E-state index < -0.39 is 0 Å². The first kappa shape index (κ1) is 3.36. The molecular weight excluding hydrogens is 79.0 g/mol. The molecule has 0 nitrogen and oxygen atoms in total. The van der Waals surface area contributed by atoms with E-state index in [1.54, 1.807) is 0 Å². The minimum Gasteiger partial charge on any atom is -0.110 e. The lowest BCUT2D eigenvalue weighted by atomic mass is 10.5. The minimum atomic E-state index is 0.806. The van der Waals surface area contributed by atoms with Gasteiger partial charge in [-0.15, -0.1) is 9.24 Å². The molecular formula is C4H7P. The van der Waals surface area contributed by atoms with Crippen LogP contribution in [0.2, 0.25) is 0 Å². The fourth-order valence-corrected chi connectivity index (χ4v) is 0.529. The SMILES string of the molecule is C[C@@H]1C=C1P. The van der Waals surface area contributed by atoms with Crippen LogP contribution in [0.3, 0.4) is 0 Å². The third-order valence-corrected chi connectivity index (χ3v) is 1.58. The van der Waals surface area contributed by atoms with Crippen molar-refractivity contribution in [3.05, 3.63) is 11.4 Å². The van der Waals surface area contributed by atoms with Gasteiger partial charge >= 0.3 is 0 Å². The van der Waals surface area contributed by atoms with E-state index in [0.717, 1.165) is 5.92 Å². The van der Waals surface area contributed by atoms with Gasteiger partial charge in [-0.25, -0.2) is 0 Å². The quantitative estimate of drug-likeness (QED) is 0.391. The topological polar surface area (TPSA) is 0 Å². The second-order valence-corrected chi connectivity index (χ2v) is 2.12. The van der Waals surface area contributed by atoms with E-state index in [2.05, 4.69) is 22.2 Å². The Hall–Kier alpha value is 0.170. The van der Waals surface area contributed by atoms with Crippen LogP contribution in [0.1, 0.15) is 6.92 Å². The summed E-state index contributed by atoms with van der Waals surface area (Å²) in [6.45, 7) is 2.18. The van der Waals surface area contributed by atoms with Crippen molar-refractivity contribution in [2.45, 2.75) is 6.92 Å². The van der Waals surface area contributed by atoms with Gasteiger partial charge < -0.3 is 0 Å². The number of hydrogen-bond acceptors (Lipinski definition) is 0. The van der Waals surface area contributed by atoms with E-state index in [-0.39, 0.29) is 0 Å². The lowest BCUT2D eigenvalue weighted by Gasteiger charge is -1.69. The summed E-state index contributed by atoms with van der Waals surface area (Å²) in [5, 5.41) is 1.46. The first-order chi connectivity index (χ1) is 2.30. The van der Waals surface area contributed by atoms with Gasteiger partial charge in [0.15, 0.2) is 0 Å². The molecule has 0 N–H and O–H groups in total. The predicted molar refractivity (Wildman–Crippen MR) is 27.0 cm³/mol. The Bertz CT molecular complexity index is 73.7. The standard InChI is InChI=1S/C4H7P/c1-3-2-4(3)5/h2-3H,5H2,1H3/t3-/m1/s1. The van der Waals surface area contributed by atoms with E-state index >= 15 is 0 Å². The van der Waals surface area contributed by atoms with Crippen molar-refractivity contribution in [2.24, 2.45) is 5.92 Å². The molecule has 0 aliphatic heterocycles. The number of rotatable bonds is 0. The van der Waals surface area contributed by atoms with Crippen LogP contribution in [0.15, 0.2) is 11.4 Å². The summed E-state index contributed by atoms with van der Waals surface area (Å²) in [6.07, 6.45) is 2.21. The molecule has 5 heavy (non-hydrogen) atoms. The van der Waals surface area contributed by atoms with Crippen LogP contribution >= 0.6 is 9.24 Å². The molecule has 0 fully saturated rings. The van der Waals surface area contributed by atoms with Crippen LogP contribution in [0.25, 0.3) is 0 Å². The van der Waals surface area contributed by atoms with Gasteiger partial charge in [0.05, 0.1) is 0 Å². The summed E-state index contributed by atoms with van der Waals surface area (Å²) in [7, 11) is 2.67. The number of hydrogen-bond donors (Lipinski definition) is 0. The van der Waals surface area contributed by atoms with Crippen molar-refractivity contribution in [3.63, 3.8) is 0 Å². The van der Waals surface area contributed by atoms with Crippen molar-refractivity contribution in [1.29, 1.82) is 0 Å². The zero-order valence-corrected chi connectivity index (χ0v) is 4.39. The van der Waals surface area contributed by atoms with Crippen molar-refractivity contribution < 1.29 is 0 Å². The van der Waals surface area contributed by atoms with Crippen LogP contribution < -0.4 is 0 Å². The van der Waals surface area contributed by atoms with Crippen LogP contribution in [0.4, 0.5) is 0 Å². The monoisotopic (exact) mass is 86.0 g/mol. The van der Waals surface area contributed by atoms with Gasteiger partial charge in [0.25, 0.3) is 0 Å². The van der Waals surface area contributed by atoms with Gasteiger partial charge in [-0.1, -0.05) is 13.0 Å². The molecule has 0 saturated carbocycles. The summed E-state index contributed by atoms with van der Waals surface area (Å²) in [6, 6.07) is 0. The molecule has 1 heteroatoms. The summed E-state index contributed by atoms with van der Waals surface area (Å²) in [5.41, 5.74) is 0. The summed E-state index contributed by atoms with van der Waals surface area (Å²) in [5.74, 6) is 0.806. The van der Waals surface area contributed by atoms with Gasteiger partial charge in [0.1, 0.15) is 0 Å². The highest BCUT2D eigenvalue weighted by atomic mass is 31.0. The summed E-state index contributed by atoms with van der Waals surface area (Å²) < 4.78 is 0. The van der Waals surface area contributed by atoms with Crippen molar-refractivity contribution >= 4 is 9.24 Å². The largest absolute Gasteiger partial charge is 0.110 e. The van der Waals surface area contributed by atoms with Gasteiger partial charge in [-0.3, -0.25) is 0 Å². The predicted octanol–water partition coefficient (Wildman–Crippen LogP) is 1.40. The first-order valence-electron chi connectivity index (χ1n) is 1.78. The van der Waals surface area contributed by atoms with Crippen LogP contribution in [0.5, 0.6) is 0 Å². The zero-order valence-electron chi connectivity index (χ0n) is 3.23. The van der Waals surface area contributed by atoms with E-state index in [0.29, 0.717) is 0 Å². The van der Waals surface area contributed by atoms with Crippen LogP contribution in [0, 0.1) is 5.92 Å². The van der Waals surface area contributed by atoms with Crippen molar-refractivity contribution in [3.8, 4) is 0 Å². The summed E-state index contributed by atoms with van der Waals surface area (Å²) in [4.78, 5) is 0. The highest BCUT2D eigenvalue weighted by Crippen LogP contribution is 2.32. The lowest BCUT2D eigenvalue weighted by Crippen LogP contribution is -1.53. The molecule has 0 heterocycles. The molecule has 0 amide bonds. The Kier molecular flexibility index (Phi) is 0.548. The Morgan fingerprint density at radius 1 is 2.00 bits per heavy atom. The maximum atomic E-state index is 2.67. The Morgan fingerprint density at radius 3 is 2.20 bits per heavy atom. The first-order valence-corrected chi connectivity index (χ1v) is 2.35. The average Bonchev–Trinajstić information content (AvgIpc) is 1.79. The smallest absolute Gasteiger partial charge is 0.000791 e. The van der Waals surface area contributed by atoms with Gasteiger partial charge in [0.2, 0.25) is 0 Å². The normalized spacial score (nSPS) is 33.2. The minimum absolute atomic E-state index is 0.806. The van der Waals surface area contributed by atoms with E-state index in [9.17, 15) is 0 Å². The Labute approximate surface area is 34.5 Å². The third kappa shape index (κ3) is 0.516. The van der Waals surface area contributed by atoms with E-state index in [1.165, 1.54) is 5.31 Å². The third-order valence-electron chi connectivity index (χ3n) is 0.859. The molecule has 0 radical (unpaired) electrons. The van der Waals surface area contributed by atoms with Gasteiger partial charge in [0, 0.05) is 0 Å². The molecule has 0 aromatic carbocycles. The average molecular weight is 86.1 g/mol. The highest BCUT2D eigenvalue weighted by Gasteiger charge is 2.11. The van der Waals surface area contributed by atoms with E-state index in [1.807, 2.05) is 0 Å². The molecule has 0 spiro atoms. The fourth-order valence-electron chi connectivity index (χ4n) is 0.241. The molecule has 0 bridgehead atoms. The Morgan fingerprint density at radius 2 is 2.20 bits per heavy atom. The van der Waals surface area contributed by atoms with Gasteiger partial charge in [-0.2, -0.15) is 0 Å². The molecule has 0 saturated heterocycles. The molecule has 0 aromatic heterocycles. The highest BCUT2D eigenvalue weighted by molar-refractivity contribution is 7.23. The molecule has 28 valence electrons. The molecule has 1 rings (SSSR count). The second-order valence-electron chi connectivity index (χ2n) is 1.46. The van der Waals surface area contributed by atoms with Crippen LogP contribution in [-0.2, 0) is 0 Å². The van der Waals surface area contributed by atoms with Crippen LogP contribution in [-0.4, -0.2) is 0 Å². The maximum Gasteiger partial charge on any atom is -0.000791 e. The molecule has 1 unspecified atom stereocenters. The van der Waals surface area contributed by atoms with Gasteiger partial charge in [-0.05, 0) is 11.2 Å². The van der Waals surface area contributed by atoms with E-state index in [4.69, 9.17) is 0 Å². The summed E-state index contributed by atoms with van der Waals surface area (Å²) >= 11 is 0. The van der Waals surface area contributed by atoms with Crippen molar-refractivity contribution in [2.75, 3.05) is 0 Å². The van der Waals surface area contributed by atoms with Crippen molar-refractivity contribution in [1.82, 2.24) is 0 Å². The fraction of sp³-hybridized carbons (Fsp3) is 0.500. The number of allylic oxidation sites excluding steroid dienone is 2. The molecule has 1 aliphatic rings. The second kappa shape index (κ2) is 0.815. The molecule has 1 aliphatic carbocycles. The maximum absolute atomic E-state index is 2.67. The zero-order chi connectivity index (χ0) is 3.86. The lowest BCUT2D eigenvalue weighted by molar-refractivity contribution is 1.08.